The molecule has 1 aliphatic carbocycles. The Balaban J connectivity index is 1.53. The Hall–Kier alpha value is -0.900. The van der Waals surface area contributed by atoms with Crippen LogP contribution in [0.5, 0.6) is 0 Å². The molecule has 1 fully saturated rings. The SMILES string of the molecule is CN(CCCNC1CC(N)C1)Cc1ccccc1. The molecule has 0 aromatic heterocycles. The number of hydrogen-bond donors (Lipinski definition) is 2. The highest BCUT2D eigenvalue weighted by molar-refractivity contribution is 5.14. The lowest BCUT2D eigenvalue weighted by molar-refractivity contribution is 0.275. The summed E-state index contributed by atoms with van der Waals surface area (Å²) in [6.45, 7) is 3.28. The highest BCUT2D eigenvalue weighted by atomic mass is 15.1. The summed E-state index contributed by atoms with van der Waals surface area (Å²) < 4.78 is 0. The Morgan fingerprint density at radius 3 is 2.67 bits per heavy atom. The first-order valence-corrected chi connectivity index (χ1v) is 6.95. The van der Waals surface area contributed by atoms with E-state index in [1.165, 1.54) is 12.0 Å². The third-order valence-electron chi connectivity index (χ3n) is 3.62. The molecule has 100 valence electrons. The Morgan fingerprint density at radius 1 is 1.28 bits per heavy atom. The first-order valence-electron chi connectivity index (χ1n) is 6.95. The minimum atomic E-state index is 0.447. The van der Waals surface area contributed by atoms with Gasteiger partial charge in [-0.25, -0.2) is 0 Å². The van der Waals surface area contributed by atoms with E-state index in [-0.39, 0.29) is 0 Å². The molecule has 0 unspecified atom stereocenters. The van der Waals surface area contributed by atoms with E-state index in [9.17, 15) is 0 Å². The predicted octanol–water partition coefficient (Wildman–Crippen LogP) is 1.59. The van der Waals surface area contributed by atoms with Gasteiger partial charge < -0.3 is 16.0 Å². The molecular weight excluding hydrogens is 222 g/mol. The zero-order valence-corrected chi connectivity index (χ0v) is 11.3. The minimum Gasteiger partial charge on any atom is -0.328 e. The van der Waals surface area contributed by atoms with Crippen molar-refractivity contribution in [3.8, 4) is 0 Å². The number of hydrogen-bond acceptors (Lipinski definition) is 3. The molecular formula is C15H25N3. The average molecular weight is 247 g/mol. The molecule has 0 radical (unpaired) electrons. The number of nitrogens with two attached hydrogens (primary N) is 1. The fourth-order valence-corrected chi connectivity index (χ4v) is 2.46. The van der Waals surface area contributed by atoms with Crippen LogP contribution in [0.15, 0.2) is 30.3 Å². The summed E-state index contributed by atoms with van der Waals surface area (Å²) in [6.07, 6.45) is 3.51. The van der Waals surface area contributed by atoms with Crippen molar-refractivity contribution in [1.29, 1.82) is 0 Å². The number of benzene rings is 1. The maximum Gasteiger partial charge on any atom is 0.0230 e. The van der Waals surface area contributed by atoms with E-state index in [4.69, 9.17) is 5.73 Å². The van der Waals surface area contributed by atoms with Crippen molar-refractivity contribution in [2.75, 3.05) is 20.1 Å². The zero-order chi connectivity index (χ0) is 12.8. The maximum atomic E-state index is 5.76. The molecule has 3 nitrogen and oxygen atoms in total. The van der Waals surface area contributed by atoms with Crippen LogP contribution < -0.4 is 11.1 Å². The Labute approximate surface area is 110 Å². The summed E-state index contributed by atoms with van der Waals surface area (Å²) in [5.41, 5.74) is 7.15. The number of nitrogens with one attached hydrogen (secondary N) is 1. The van der Waals surface area contributed by atoms with E-state index in [0.29, 0.717) is 12.1 Å². The van der Waals surface area contributed by atoms with E-state index >= 15 is 0 Å². The molecule has 0 aliphatic heterocycles. The van der Waals surface area contributed by atoms with E-state index < -0.39 is 0 Å². The van der Waals surface area contributed by atoms with Crippen LogP contribution in [0.3, 0.4) is 0 Å². The molecule has 0 spiro atoms. The molecule has 1 aromatic rings. The van der Waals surface area contributed by atoms with Gasteiger partial charge in [0.1, 0.15) is 0 Å². The van der Waals surface area contributed by atoms with Crippen LogP contribution in [0.2, 0.25) is 0 Å². The second kappa shape index (κ2) is 6.88. The molecule has 1 aromatic carbocycles. The fraction of sp³-hybridized carbons (Fsp3) is 0.600. The van der Waals surface area contributed by atoms with Gasteiger partial charge in [0.2, 0.25) is 0 Å². The van der Waals surface area contributed by atoms with Gasteiger partial charge in [0.15, 0.2) is 0 Å². The summed E-state index contributed by atoms with van der Waals surface area (Å²) >= 11 is 0. The van der Waals surface area contributed by atoms with Crippen molar-refractivity contribution in [1.82, 2.24) is 10.2 Å². The van der Waals surface area contributed by atoms with Crippen LogP contribution in [0, 0.1) is 0 Å². The molecule has 18 heavy (non-hydrogen) atoms. The lowest BCUT2D eigenvalue weighted by Gasteiger charge is -2.33. The van der Waals surface area contributed by atoms with Crippen molar-refractivity contribution in [3.63, 3.8) is 0 Å². The van der Waals surface area contributed by atoms with Crippen molar-refractivity contribution in [3.05, 3.63) is 35.9 Å². The number of nitrogens with zero attached hydrogens (tertiary/aromatic N) is 1. The second-order valence-electron chi connectivity index (χ2n) is 5.46. The fourth-order valence-electron chi connectivity index (χ4n) is 2.46. The zero-order valence-electron chi connectivity index (χ0n) is 11.3. The van der Waals surface area contributed by atoms with Crippen LogP contribution in [-0.2, 0) is 6.54 Å². The van der Waals surface area contributed by atoms with Crippen LogP contribution in [-0.4, -0.2) is 37.1 Å². The highest BCUT2D eigenvalue weighted by Gasteiger charge is 2.24. The normalized spacial score (nSPS) is 23.1. The molecule has 0 bridgehead atoms. The molecule has 1 saturated carbocycles. The van der Waals surface area contributed by atoms with Gasteiger partial charge in [-0.2, -0.15) is 0 Å². The van der Waals surface area contributed by atoms with Gasteiger partial charge in [0.25, 0.3) is 0 Å². The first-order chi connectivity index (χ1) is 8.74. The first kappa shape index (κ1) is 13.5. The van der Waals surface area contributed by atoms with Crippen LogP contribution >= 0.6 is 0 Å². The predicted molar refractivity (Wildman–Crippen MR) is 76.4 cm³/mol. The van der Waals surface area contributed by atoms with Gasteiger partial charge in [-0.05, 0) is 45.0 Å². The standard InChI is InChI=1S/C15H25N3/c1-18(12-13-6-3-2-4-7-13)9-5-8-17-15-10-14(16)11-15/h2-4,6-7,14-15,17H,5,8-12,16H2,1H3. The smallest absolute Gasteiger partial charge is 0.0230 e. The summed E-state index contributed by atoms with van der Waals surface area (Å²) in [5.74, 6) is 0. The minimum absolute atomic E-state index is 0.447. The Bertz CT molecular complexity index is 333. The molecule has 0 atom stereocenters. The molecule has 0 saturated heterocycles. The van der Waals surface area contributed by atoms with Crippen molar-refractivity contribution < 1.29 is 0 Å². The van der Waals surface area contributed by atoms with E-state index in [2.05, 4.69) is 47.6 Å². The van der Waals surface area contributed by atoms with Gasteiger partial charge in [-0.3, -0.25) is 0 Å². The second-order valence-corrected chi connectivity index (χ2v) is 5.46. The van der Waals surface area contributed by atoms with Gasteiger partial charge in [0, 0.05) is 18.6 Å². The van der Waals surface area contributed by atoms with Gasteiger partial charge in [0.05, 0.1) is 0 Å². The lowest BCUT2D eigenvalue weighted by atomic mass is 9.88. The summed E-state index contributed by atoms with van der Waals surface area (Å²) in [5, 5.41) is 3.56. The van der Waals surface area contributed by atoms with Gasteiger partial charge in [-0.15, -0.1) is 0 Å². The van der Waals surface area contributed by atoms with Crippen molar-refractivity contribution in [2.24, 2.45) is 5.73 Å². The quantitative estimate of drug-likeness (QED) is 0.719. The topological polar surface area (TPSA) is 41.3 Å². The molecule has 0 heterocycles. The third-order valence-corrected chi connectivity index (χ3v) is 3.62. The molecule has 3 N–H and O–H groups in total. The Morgan fingerprint density at radius 2 is 2.00 bits per heavy atom. The van der Waals surface area contributed by atoms with Crippen LogP contribution in [0.1, 0.15) is 24.8 Å². The van der Waals surface area contributed by atoms with E-state index in [1.54, 1.807) is 0 Å². The summed E-state index contributed by atoms with van der Waals surface area (Å²) in [7, 11) is 2.19. The molecule has 2 rings (SSSR count). The summed E-state index contributed by atoms with van der Waals surface area (Å²) in [6, 6.07) is 11.8. The van der Waals surface area contributed by atoms with E-state index in [1.807, 2.05) is 0 Å². The average Bonchev–Trinajstić information content (AvgIpc) is 2.33. The van der Waals surface area contributed by atoms with Crippen molar-refractivity contribution in [2.45, 2.75) is 37.9 Å². The third kappa shape index (κ3) is 4.41. The highest BCUT2D eigenvalue weighted by Crippen LogP contribution is 2.16. The van der Waals surface area contributed by atoms with Crippen molar-refractivity contribution >= 4 is 0 Å². The van der Waals surface area contributed by atoms with Gasteiger partial charge >= 0.3 is 0 Å². The number of rotatable bonds is 7. The molecule has 1 aliphatic rings. The lowest BCUT2D eigenvalue weighted by Crippen LogP contribution is -2.48. The van der Waals surface area contributed by atoms with Crippen LogP contribution in [0.25, 0.3) is 0 Å². The van der Waals surface area contributed by atoms with Gasteiger partial charge in [-0.1, -0.05) is 30.3 Å². The maximum absolute atomic E-state index is 5.76. The monoisotopic (exact) mass is 247 g/mol. The molecule has 3 heteroatoms. The van der Waals surface area contributed by atoms with E-state index in [0.717, 1.165) is 32.5 Å². The van der Waals surface area contributed by atoms with Crippen LogP contribution in [0.4, 0.5) is 0 Å². The summed E-state index contributed by atoms with van der Waals surface area (Å²) in [4.78, 5) is 2.38. The largest absolute Gasteiger partial charge is 0.328 e. The Kier molecular flexibility index (Phi) is 5.17. The molecule has 0 amide bonds.